The smallest absolute Gasteiger partial charge is 0.238 e. The Labute approximate surface area is 105 Å². The molecular formula is C12H15ClN2O2. The van der Waals surface area contributed by atoms with Crippen molar-refractivity contribution in [3.8, 4) is 0 Å². The molecule has 17 heavy (non-hydrogen) atoms. The van der Waals surface area contributed by atoms with Crippen LogP contribution >= 0.6 is 11.6 Å². The number of hydrogen-bond acceptors (Lipinski definition) is 3. The van der Waals surface area contributed by atoms with Gasteiger partial charge in [0.15, 0.2) is 0 Å². The highest BCUT2D eigenvalue weighted by molar-refractivity contribution is 6.31. The molecule has 0 unspecified atom stereocenters. The molecule has 1 saturated heterocycles. The number of carbonyl (C=O) groups excluding carboxylic acids is 1. The standard InChI is InChI=1S/C12H15ClN2O2/c13-11-4-2-1-3-10(11)9-12(16)14-15-5-7-17-8-6-15/h1-4H,5-9H2,(H,14,16). The molecule has 92 valence electrons. The third-order valence-corrected chi connectivity index (χ3v) is 2.97. The predicted molar refractivity (Wildman–Crippen MR) is 65.7 cm³/mol. The molecule has 0 radical (unpaired) electrons. The quantitative estimate of drug-likeness (QED) is 0.883. The Balaban J connectivity index is 1.86. The van der Waals surface area contributed by atoms with Crippen LogP contribution in [0.15, 0.2) is 24.3 Å². The van der Waals surface area contributed by atoms with E-state index < -0.39 is 0 Å². The molecule has 1 aromatic carbocycles. The van der Waals surface area contributed by atoms with Gasteiger partial charge < -0.3 is 4.74 Å². The van der Waals surface area contributed by atoms with E-state index in [9.17, 15) is 4.79 Å². The molecule has 0 atom stereocenters. The monoisotopic (exact) mass is 254 g/mol. The van der Waals surface area contributed by atoms with E-state index in [1.807, 2.05) is 23.2 Å². The largest absolute Gasteiger partial charge is 0.379 e. The summed E-state index contributed by atoms with van der Waals surface area (Å²) in [5.41, 5.74) is 3.70. The van der Waals surface area contributed by atoms with Gasteiger partial charge in [0.25, 0.3) is 0 Å². The van der Waals surface area contributed by atoms with Gasteiger partial charge in [-0.2, -0.15) is 0 Å². The maximum atomic E-state index is 11.8. The molecule has 5 heteroatoms. The van der Waals surface area contributed by atoms with Crippen molar-refractivity contribution in [1.29, 1.82) is 0 Å². The number of benzene rings is 1. The van der Waals surface area contributed by atoms with E-state index in [1.165, 1.54) is 0 Å². The molecule has 0 saturated carbocycles. The molecule has 0 aliphatic carbocycles. The molecule has 1 aromatic rings. The average Bonchev–Trinajstić information content (AvgIpc) is 2.33. The topological polar surface area (TPSA) is 41.6 Å². The van der Waals surface area contributed by atoms with Crippen molar-refractivity contribution in [2.75, 3.05) is 26.3 Å². The predicted octanol–water partition coefficient (Wildman–Crippen LogP) is 1.25. The first-order chi connectivity index (χ1) is 8.25. The van der Waals surface area contributed by atoms with E-state index in [0.29, 0.717) is 24.7 Å². The maximum absolute atomic E-state index is 11.8. The molecule has 1 fully saturated rings. The Morgan fingerprint density at radius 2 is 2.06 bits per heavy atom. The minimum atomic E-state index is -0.0417. The third kappa shape index (κ3) is 3.70. The van der Waals surface area contributed by atoms with Crippen molar-refractivity contribution in [3.63, 3.8) is 0 Å². The third-order valence-electron chi connectivity index (χ3n) is 2.60. The molecule has 0 aromatic heterocycles. The summed E-state index contributed by atoms with van der Waals surface area (Å²) in [5.74, 6) is -0.0417. The highest BCUT2D eigenvalue weighted by atomic mass is 35.5. The minimum Gasteiger partial charge on any atom is -0.379 e. The fourth-order valence-corrected chi connectivity index (χ4v) is 1.91. The van der Waals surface area contributed by atoms with Crippen LogP contribution in [0.2, 0.25) is 5.02 Å². The van der Waals surface area contributed by atoms with Crippen LogP contribution in [0, 0.1) is 0 Å². The number of nitrogens with one attached hydrogen (secondary N) is 1. The van der Waals surface area contributed by atoms with Crippen LogP contribution in [0.1, 0.15) is 5.56 Å². The lowest BCUT2D eigenvalue weighted by Crippen LogP contribution is -2.48. The van der Waals surface area contributed by atoms with Crippen LogP contribution in [0.4, 0.5) is 0 Å². The number of halogens is 1. The van der Waals surface area contributed by atoms with Gasteiger partial charge in [-0.15, -0.1) is 0 Å². The summed E-state index contributed by atoms with van der Waals surface area (Å²) in [4.78, 5) is 11.8. The molecule has 1 aliphatic heterocycles. The minimum absolute atomic E-state index is 0.0417. The summed E-state index contributed by atoms with van der Waals surface area (Å²) in [6, 6.07) is 7.38. The van der Waals surface area contributed by atoms with Gasteiger partial charge >= 0.3 is 0 Å². The van der Waals surface area contributed by atoms with Crippen LogP contribution in [0.5, 0.6) is 0 Å². The van der Waals surface area contributed by atoms with E-state index >= 15 is 0 Å². The van der Waals surface area contributed by atoms with Crippen molar-refractivity contribution in [1.82, 2.24) is 10.4 Å². The highest BCUT2D eigenvalue weighted by Gasteiger charge is 2.13. The number of rotatable bonds is 3. The fraction of sp³-hybridized carbons (Fsp3) is 0.417. The molecule has 1 amide bonds. The average molecular weight is 255 g/mol. The first-order valence-corrected chi connectivity index (χ1v) is 5.99. The van der Waals surface area contributed by atoms with Gasteiger partial charge in [0.05, 0.1) is 19.6 Å². The van der Waals surface area contributed by atoms with E-state index in [0.717, 1.165) is 18.7 Å². The Morgan fingerprint density at radius 1 is 1.35 bits per heavy atom. The molecular weight excluding hydrogens is 240 g/mol. The van der Waals surface area contributed by atoms with Gasteiger partial charge in [-0.1, -0.05) is 29.8 Å². The van der Waals surface area contributed by atoms with E-state index in [1.54, 1.807) is 6.07 Å². The summed E-state index contributed by atoms with van der Waals surface area (Å²) >= 11 is 6.00. The van der Waals surface area contributed by atoms with Gasteiger partial charge in [0.2, 0.25) is 5.91 Å². The number of ether oxygens (including phenoxy) is 1. The van der Waals surface area contributed by atoms with Crippen LogP contribution in [0.25, 0.3) is 0 Å². The molecule has 4 nitrogen and oxygen atoms in total. The molecule has 1 N–H and O–H groups in total. The van der Waals surface area contributed by atoms with Crippen molar-refractivity contribution >= 4 is 17.5 Å². The molecule has 1 heterocycles. The van der Waals surface area contributed by atoms with E-state index in [-0.39, 0.29) is 5.91 Å². The zero-order valence-corrected chi connectivity index (χ0v) is 10.2. The number of amides is 1. The van der Waals surface area contributed by atoms with Crippen LogP contribution in [-0.2, 0) is 16.0 Å². The zero-order chi connectivity index (χ0) is 12.1. The molecule has 0 spiro atoms. The number of hydrogen-bond donors (Lipinski definition) is 1. The van der Waals surface area contributed by atoms with Gasteiger partial charge in [-0.25, -0.2) is 5.01 Å². The van der Waals surface area contributed by atoms with Crippen molar-refractivity contribution in [2.45, 2.75) is 6.42 Å². The molecule has 1 aliphatic rings. The summed E-state index contributed by atoms with van der Waals surface area (Å²) in [6.07, 6.45) is 0.303. The maximum Gasteiger partial charge on any atom is 0.238 e. The summed E-state index contributed by atoms with van der Waals surface area (Å²) in [7, 11) is 0. The Morgan fingerprint density at radius 3 is 2.76 bits per heavy atom. The Hall–Kier alpha value is -1.10. The highest BCUT2D eigenvalue weighted by Crippen LogP contribution is 2.15. The Bertz CT molecular complexity index is 392. The normalized spacial score (nSPS) is 16.8. The summed E-state index contributed by atoms with van der Waals surface area (Å²) < 4.78 is 5.20. The second-order valence-electron chi connectivity index (χ2n) is 3.90. The lowest BCUT2D eigenvalue weighted by atomic mass is 10.1. The van der Waals surface area contributed by atoms with Gasteiger partial charge in [-0.3, -0.25) is 10.2 Å². The first kappa shape index (κ1) is 12.4. The van der Waals surface area contributed by atoms with E-state index in [2.05, 4.69) is 5.43 Å². The fourth-order valence-electron chi connectivity index (χ4n) is 1.71. The van der Waals surface area contributed by atoms with Crippen LogP contribution < -0.4 is 5.43 Å². The molecule has 0 bridgehead atoms. The lowest BCUT2D eigenvalue weighted by Gasteiger charge is -2.26. The number of carbonyl (C=O) groups is 1. The molecule has 2 rings (SSSR count). The Kier molecular flexibility index (Phi) is 4.36. The van der Waals surface area contributed by atoms with Gasteiger partial charge in [0.1, 0.15) is 0 Å². The number of nitrogens with zero attached hydrogens (tertiary/aromatic N) is 1. The van der Waals surface area contributed by atoms with Gasteiger partial charge in [0, 0.05) is 18.1 Å². The summed E-state index contributed by atoms with van der Waals surface area (Å²) in [5, 5.41) is 2.51. The zero-order valence-electron chi connectivity index (χ0n) is 9.49. The SMILES string of the molecule is O=C(Cc1ccccc1Cl)NN1CCOCC1. The van der Waals surface area contributed by atoms with Crippen molar-refractivity contribution in [2.24, 2.45) is 0 Å². The van der Waals surface area contributed by atoms with Crippen molar-refractivity contribution in [3.05, 3.63) is 34.9 Å². The van der Waals surface area contributed by atoms with E-state index in [4.69, 9.17) is 16.3 Å². The second-order valence-corrected chi connectivity index (χ2v) is 4.31. The second kappa shape index (κ2) is 6.00. The number of hydrazine groups is 1. The number of morpholine rings is 1. The van der Waals surface area contributed by atoms with Crippen LogP contribution in [-0.4, -0.2) is 37.2 Å². The first-order valence-electron chi connectivity index (χ1n) is 5.61. The van der Waals surface area contributed by atoms with Gasteiger partial charge in [-0.05, 0) is 11.6 Å². The summed E-state index contributed by atoms with van der Waals surface area (Å²) in [6.45, 7) is 2.78. The van der Waals surface area contributed by atoms with Crippen LogP contribution in [0.3, 0.4) is 0 Å². The lowest BCUT2D eigenvalue weighted by molar-refractivity contribution is -0.127. The van der Waals surface area contributed by atoms with Crippen molar-refractivity contribution < 1.29 is 9.53 Å².